The Labute approximate surface area is 232 Å². The number of hydrogen-bond acceptors (Lipinski definition) is 6. The molecular formula is C26H24F10O6. The molecule has 234 valence electrons. The first kappa shape index (κ1) is 34.5. The van der Waals surface area contributed by atoms with Crippen molar-refractivity contribution < 1.29 is 72.4 Å². The first-order valence-corrected chi connectivity index (χ1v) is 12.5. The third-order valence-corrected chi connectivity index (χ3v) is 5.54. The molecular weight excluding hydrogens is 598 g/mol. The van der Waals surface area contributed by atoms with E-state index in [4.69, 9.17) is 9.47 Å². The van der Waals surface area contributed by atoms with Crippen molar-refractivity contribution in [2.75, 3.05) is 26.4 Å². The average Bonchev–Trinajstić information content (AvgIpc) is 2.97. The standard InChI is InChI=1S/C26H24F10O6/c27-15-17(29)21(33)25(22(34)18(15)30)41-11-9-39-13(37)7-5-3-1-2-4-6-8-14(38)40-10-12-42-26-23(35)19(31)16(28)20(32)24(26)36/h1-12H2. The van der Waals surface area contributed by atoms with Crippen molar-refractivity contribution in [2.24, 2.45) is 0 Å². The molecule has 6 nitrogen and oxygen atoms in total. The molecule has 0 aliphatic carbocycles. The second kappa shape index (κ2) is 16.7. The highest BCUT2D eigenvalue weighted by molar-refractivity contribution is 5.69. The third kappa shape index (κ3) is 9.41. The average molecular weight is 622 g/mol. The summed E-state index contributed by atoms with van der Waals surface area (Å²) in [5, 5.41) is 0. The Kier molecular flexibility index (Phi) is 13.7. The topological polar surface area (TPSA) is 71.1 Å². The van der Waals surface area contributed by atoms with Gasteiger partial charge in [0.2, 0.25) is 58.2 Å². The molecule has 0 unspecified atom stereocenters. The molecule has 0 aliphatic heterocycles. The van der Waals surface area contributed by atoms with Crippen molar-refractivity contribution in [1.82, 2.24) is 0 Å². The second-order valence-corrected chi connectivity index (χ2v) is 8.56. The van der Waals surface area contributed by atoms with Crippen LogP contribution < -0.4 is 9.47 Å². The second-order valence-electron chi connectivity index (χ2n) is 8.56. The summed E-state index contributed by atoms with van der Waals surface area (Å²) >= 11 is 0. The number of carbonyl (C=O) groups excluding carboxylic acids is 2. The van der Waals surface area contributed by atoms with Crippen molar-refractivity contribution in [1.29, 1.82) is 0 Å². The summed E-state index contributed by atoms with van der Waals surface area (Å²) < 4.78 is 151. The fourth-order valence-corrected chi connectivity index (χ4v) is 3.41. The zero-order valence-corrected chi connectivity index (χ0v) is 21.7. The van der Waals surface area contributed by atoms with E-state index in [1.807, 2.05) is 0 Å². The molecule has 0 aromatic heterocycles. The van der Waals surface area contributed by atoms with E-state index >= 15 is 0 Å². The van der Waals surface area contributed by atoms with Crippen molar-refractivity contribution in [3.63, 3.8) is 0 Å². The quantitative estimate of drug-likeness (QED) is 0.0640. The van der Waals surface area contributed by atoms with Crippen LogP contribution in [0.4, 0.5) is 43.9 Å². The largest absolute Gasteiger partial charge is 0.484 e. The van der Waals surface area contributed by atoms with Gasteiger partial charge in [-0.15, -0.1) is 0 Å². The van der Waals surface area contributed by atoms with Crippen LogP contribution in [0.2, 0.25) is 0 Å². The maximum atomic E-state index is 13.5. The number of rotatable bonds is 17. The summed E-state index contributed by atoms with van der Waals surface area (Å²) in [7, 11) is 0. The van der Waals surface area contributed by atoms with E-state index in [0.717, 1.165) is 0 Å². The predicted octanol–water partition coefficient (Wildman–Crippen LogP) is 6.74. The van der Waals surface area contributed by atoms with Gasteiger partial charge in [-0.05, 0) is 12.8 Å². The van der Waals surface area contributed by atoms with Gasteiger partial charge >= 0.3 is 11.9 Å². The van der Waals surface area contributed by atoms with Gasteiger partial charge in [0.15, 0.2) is 11.5 Å². The number of carbonyl (C=O) groups is 2. The van der Waals surface area contributed by atoms with E-state index < -0.39 is 108 Å². The van der Waals surface area contributed by atoms with Crippen LogP contribution in [-0.2, 0) is 19.1 Å². The van der Waals surface area contributed by atoms with Gasteiger partial charge in [-0.1, -0.05) is 25.7 Å². The molecule has 0 heterocycles. The van der Waals surface area contributed by atoms with Crippen molar-refractivity contribution in [3.8, 4) is 11.5 Å². The van der Waals surface area contributed by atoms with Gasteiger partial charge in [-0.2, -0.15) is 17.6 Å². The molecule has 0 saturated heterocycles. The Morgan fingerprint density at radius 2 is 0.643 bits per heavy atom. The fourth-order valence-electron chi connectivity index (χ4n) is 3.41. The molecule has 0 atom stereocenters. The molecule has 0 amide bonds. The number of halogens is 10. The lowest BCUT2D eigenvalue weighted by atomic mass is 10.1. The van der Waals surface area contributed by atoms with Gasteiger partial charge in [-0.25, -0.2) is 26.3 Å². The lowest BCUT2D eigenvalue weighted by Crippen LogP contribution is -2.14. The van der Waals surface area contributed by atoms with Crippen LogP contribution in [0.3, 0.4) is 0 Å². The van der Waals surface area contributed by atoms with Gasteiger partial charge < -0.3 is 18.9 Å². The number of unbranched alkanes of at least 4 members (excludes halogenated alkanes) is 5. The molecule has 0 radical (unpaired) electrons. The van der Waals surface area contributed by atoms with Crippen molar-refractivity contribution in [3.05, 3.63) is 58.2 Å². The Morgan fingerprint density at radius 3 is 0.952 bits per heavy atom. The van der Waals surface area contributed by atoms with Gasteiger partial charge in [0, 0.05) is 12.8 Å². The maximum absolute atomic E-state index is 13.5. The third-order valence-electron chi connectivity index (χ3n) is 5.54. The van der Waals surface area contributed by atoms with Crippen LogP contribution in [0, 0.1) is 58.2 Å². The van der Waals surface area contributed by atoms with Crippen molar-refractivity contribution in [2.45, 2.75) is 51.4 Å². The number of hydrogen-bond donors (Lipinski definition) is 0. The zero-order chi connectivity index (χ0) is 31.4. The minimum atomic E-state index is -2.33. The summed E-state index contributed by atoms with van der Waals surface area (Å²) in [6.45, 7) is -2.27. The molecule has 42 heavy (non-hydrogen) atoms. The normalized spacial score (nSPS) is 11.0. The van der Waals surface area contributed by atoms with Crippen LogP contribution in [0.25, 0.3) is 0 Å². The molecule has 0 aliphatic rings. The molecule has 0 bridgehead atoms. The molecule has 0 N–H and O–H groups in total. The zero-order valence-electron chi connectivity index (χ0n) is 21.7. The highest BCUT2D eigenvalue weighted by Crippen LogP contribution is 2.30. The maximum Gasteiger partial charge on any atom is 0.305 e. The fraction of sp³-hybridized carbons (Fsp3) is 0.462. The SMILES string of the molecule is O=C(CCCCCCCCC(=O)OCCOc1c(F)c(F)c(F)c(F)c1F)OCCOc1c(F)c(F)c(F)c(F)c1F. The van der Waals surface area contributed by atoms with Crippen LogP contribution in [0.15, 0.2) is 0 Å². The molecule has 0 fully saturated rings. The molecule has 2 rings (SSSR count). The van der Waals surface area contributed by atoms with Crippen LogP contribution >= 0.6 is 0 Å². The Hall–Kier alpha value is -3.72. The Balaban J connectivity index is 1.49. The van der Waals surface area contributed by atoms with E-state index in [-0.39, 0.29) is 12.8 Å². The molecule has 2 aromatic carbocycles. The summed E-state index contributed by atoms with van der Waals surface area (Å²) in [5.74, 6) is -26.2. The molecule has 2 aromatic rings. The van der Waals surface area contributed by atoms with E-state index in [2.05, 4.69) is 9.47 Å². The van der Waals surface area contributed by atoms with E-state index in [9.17, 15) is 53.5 Å². The Morgan fingerprint density at radius 1 is 0.381 bits per heavy atom. The van der Waals surface area contributed by atoms with Gasteiger partial charge in [-0.3, -0.25) is 9.59 Å². The number of benzene rings is 2. The van der Waals surface area contributed by atoms with Crippen LogP contribution in [0.1, 0.15) is 51.4 Å². The predicted molar refractivity (Wildman–Crippen MR) is 122 cm³/mol. The minimum Gasteiger partial charge on any atom is -0.484 e. The van der Waals surface area contributed by atoms with Crippen molar-refractivity contribution >= 4 is 11.9 Å². The summed E-state index contributed by atoms with van der Waals surface area (Å²) in [6.07, 6.45) is 3.50. The lowest BCUT2D eigenvalue weighted by Gasteiger charge is -2.10. The first-order valence-electron chi connectivity index (χ1n) is 12.5. The lowest BCUT2D eigenvalue weighted by molar-refractivity contribution is -0.145. The number of ether oxygens (including phenoxy) is 4. The molecule has 0 saturated carbocycles. The van der Waals surface area contributed by atoms with E-state index in [0.29, 0.717) is 38.5 Å². The highest BCUT2D eigenvalue weighted by atomic mass is 19.2. The van der Waals surface area contributed by atoms with Crippen LogP contribution in [-0.4, -0.2) is 38.4 Å². The molecule has 0 spiro atoms. The Bertz CT molecular complexity index is 1100. The summed E-state index contributed by atoms with van der Waals surface area (Å²) in [5.41, 5.74) is 0. The van der Waals surface area contributed by atoms with E-state index in [1.165, 1.54) is 0 Å². The van der Waals surface area contributed by atoms with Gasteiger partial charge in [0.25, 0.3) is 0 Å². The summed E-state index contributed by atoms with van der Waals surface area (Å²) in [6, 6.07) is 0. The number of esters is 2. The first-order chi connectivity index (χ1) is 19.9. The van der Waals surface area contributed by atoms with Gasteiger partial charge in [0.05, 0.1) is 0 Å². The molecule has 16 heteroatoms. The van der Waals surface area contributed by atoms with Crippen LogP contribution in [0.5, 0.6) is 11.5 Å². The van der Waals surface area contributed by atoms with Gasteiger partial charge in [0.1, 0.15) is 26.4 Å². The van der Waals surface area contributed by atoms with E-state index in [1.54, 1.807) is 0 Å². The summed E-state index contributed by atoms with van der Waals surface area (Å²) in [4.78, 5) is 23.4. The smallest absolute Gasteiger partial charge is 0.305 e. The monoisotopic (exact) mass is 622 g/mol. The highest BCUT2D eigenvalue weighted by Gasteiger charge is 2.28. The minimum absolute atomic E-state index is 0.00191.